The molecular formula is C9H10BrCl2NO3S. The Morgan fingerprint density at radius 2 is 2.00 bits per heavy atom. The summed E-state index contributed by atoms with van der Waals surface area (Å²) in [4.78, 5) is 0. The molecule has 1 aromatic rings. The number of halogens is 3. The molecule has 8 heteroatoms. The minimum Gasteiger partial charge on any atom is -0.395 e. The zero-order valence-electron chi connectivity index (χ0n) is 8.75. The van der Waals surface area contributed by atoms with E-state index in [1.54, 1.807) is 6.07 Å². The highest BCUT2D eigenvalue weighted by Crippen LogP contribution is 2.36. The molecule has 1 atom stereocenters. The molecular weight excluding hydrogens is 353 g/mol. The van der Waals surface area contributed by atoms with Crippen molar-refractivity contribution in [2.75, 3.05) is 11.3 Å². The van der Waals surface area contributed by atoms with E-state index in [1.807, 2.05) is 0 Å². The molecule has 2 N–H and O–H groups in total. The van der Waals surface area contributed by atoms with Crippen LogP contribution in [0.3, 0.4) is 0 Å². The van der Waals surface area contributed by atoms with Crippen molar-refractivity contribution in [1.82, 2.24) is 0 Å². The van der Waals surface area contributed by atoms with E-state index in [0.29, 0.717) is 4.47 Å². The molecule has 0 fully saturated rings. The quantitative estimate of drug-likeness (QED) is 0.809. The Labute approximate surface area is 118 Å². The molecule has 1 aromatic carbocycles. The van der Waals surface area contributed by atoms with Gasteiger partial charge in [0.2, 0.25) is 10.0 Å². The number of rotatable bonds is 4. The summed E-state index contributed by atoms with van der Waals surface area (Å²) < 4.78 is 26.2. The molecule has 0 heterocycles. The zero-order chi connectivity index (χ0) is 13.2. The van der Waals surface area contributed by atoms with E-state index in [1.165, 1.54) is 13.0 Å². The van der Waals surface area contributed by atoms with Crippen LogP contribution in [0, 0.1) is 0 Å². The molecule has 0 aromatic heterocycles. The van der Waals surface area contributed by atoms with Gasteiger partial charge in [0.25, 0.3) is 0 Å². The van der Waals surface area contributed by atoms with Gasteiger partial charge in [0.15, 0.2) is 0 Å². The summed E-state index contributed by atoms with van der Waals surface area (Å²) >= 11 is 14.9. The van der Waals surface area contributed by atoms with Crippen molar-refractivity contribution in [1.29, 1.82) is 0 Å². The first kappa shape index (κ1) is 15.0. The van der Waals surface area contributed by atoms with Crippen molar-refractivity contribution in [3.63, 3.8) is 0 Å². The van der Waals surface area contributed by atoms with E-state index in [2.05, 4.69) is 20.7 Å². The Morgan fingerprint density at radius 3 is 2.53 bits per heavy atom. The van der Waals surface area contributed by atoms with Crippen molar-refractivity contribution in [3.8, 4) is 0 Å². The Kier molecular flexibility index (Phi) is 5.09. The van der Waals surface area contributed by atoms with Gasteiger partial charge in [-0.1, -0.05) is 23.2 Å². The predicted molar refractivity (Wildman–Crippen MR) is 73.3 cm³/mol. The van der Waals surface area contributed by atoms with Crippen LogP contribution >= 0.6 is 39.1 Å². The largest absolute Gasteiger partial charge is 0.395 e. The van der Waals surface area contributed by atoms with Gasteiger partial charge in [0.05, 0.1) is 22.3 Å². The fourth-order valence-corrected chi connectivity index (χ4v) is 2.71. The lowest BCUT2D eigenvalue weighted by Crippen LogP contribution is -2.28. The minimum absolute atomic E-state index is 0.106. The van der Waals surface area contributed by atoms with Gasteiger partial charge in [-0.25, -0.2) is 8.42 Å². The van der Waals surface area contributed by atoms with E-state index in [4.69, 9.17) is 28.3 Å². The highest BCUT2D eigenvalue weighted by atomic mass is 79.9. The van der Waals surface area contributed by atoms with E-state index < -0.39 is 21.9 Å². The number of hydrogen-bond acceptors (Lipinski definition) is 3. The molecule has 0 aliphatic heterocycles. The second kappa shape index (κ2) is 5.75. The summed E-state index contributed by atoms with van der Waals surface area (Å²) in [7, 11) is -3.67. The first-order valence-electron chi connectivity index (χ1n) is 4.55. The van der Waals surface area contributed by atoms with Crippen LogP contribution in [0.5, 0.6) is 0 Å². The van der Waals surface area contributed by atoms with E-state index in [9.17, 15) is 8.42 Å². The molecule has 0 aliphatic carbocycles. The average molecular weight is 363 g/mol. The van der Waals surface area contributed by atoms with Gasteiger partial charge >= 0.3 is 0 Å². The molecule has 96 valence electrons. The number of sulfonamides is 1. The van der Waals surface area contributed by atoms with Crippen molar-refractivity contribution < 1.29 is 13.5 Å². The van der Waals surface area contributed by atoms with Crippen LogP contribution in [0.25, 0.3) is 0 Å². The Morgan fingerprint density at radius 1 is 1.41 bits per heavy atom. The fraction of sp³-hybridized carbons (Fsp3) is 0.333. The summed E-state index contributed by atoms with van der Waals surface area (Å²) in [5.74, 6) is 0. The molecule has 0 bridgehead atoms. The first-order chi connectivity index (χ1) is 7.79. The van der Waals surface area contributed by atoms with Gasteiger partial charge < -0.3 is 5.11 Å². The summed E-state index contributed by atoms with van der Waals surface area (Å²) in [5.41, 5.74) is 0.181. The van der Waals surface area contributed by atoms with Crippen molar-refractivity contribution in [2.45, 2.75) is 12.2 Å². The smallest absolute Gasteiger partial charge is 0.237 e. The molecule has 17 heavy (non-hydrogen) atoms. The number of nitrogens with one attached hydrogen (secondary N) is 1. The zero-order valence-corrected chi connectivity index (χ0v) is 12.7. The van der Waals surface area contributed by atoms with Gasteiger partial charge in [-0.15, -0.1) is 0 Å². The summed E-state index contributed by atoms with van der Waals surface area (Å²) in [6, 6.07) is 3.07. The normalized spacial score (nSPS) is 13.5. The topological polar surface area (TPSA) is 66.4 Å². The lowest BCUT2D eigenvalue weighted by molar-refractivity contribution is 0.296. The SMILES string of the molecule is CC(CO)S(=O)(=O)Nc1ccc(Br)c(Cl)c1Cl. The van der Waals surface area contributed by atoms with Crippen LogP contribution < -0.4 is 4.72 Å². The van der Waals surface area contributed by atoms with Gasteiger partial charge in [-0.05, 0) is 35.0 Å². The highest BCUT2D eigenvalue weighted by molar-refractivity contribution is 9.10. The third-order valence-electron chi connectivity index (χ3n) is 2.07. The molecule has 4 nitrogen and oxygen atoms in total. The summed E-state index contributed by atoms with van der Waals surface area (Å²) in [6.07, 6.45) is 0. The van der Waals surface area contributed by atoms with Crippen LogP contribution in [-0.4, -0.2) is 25.4 Å². The molecule has 0 aliphatic rings. The lowest BCUT2D eigenvalue weighted by Gasteiger charge is -2.14. The number of aliphatic hydroxyl groups is 1. The van der Waals surface area contributed by atoms with Crippen LogP contribution in [0.1, 0.15) is 6.92 Å². The molecule has 0 amide bonds. The summed E-state index contributed by atoms with van der Waals surface area (Å²) in [6.45, 7) is 0.911. The van der Waals surface area contributed by atoms with Gasteiger partial charge in [0, 0.05) is 4.47 Å². The molecule has 1 rings (SSSR count). The molecule has 0 saturated heterocycles. The highest BCUT2D eigenvalue weighted by Gasteiger charge is 2.21. The van der Waals surface area contributed by atoms with E-state index >= 15 is 0 Å². The number of hydrogen-bond donors (Lipinski definition) is 2. The van der Waals surface area contributed by atoms with Crippen molar-refractivity contribution >= 4 is 54.8 Å². The molecule has 1 unspecified atom stereocenters. The third kappa shape index (κ3) is 3.48. The fourth-order valence-electron chi connectivity index (χ4n) is 0.957. The first-order valence-corrected chi connectivity index (χ1v) is 7.65. The predicted octanol–water partition coefficient (Wildman–Crippen LogP) is 2.88. The van der Waals surface area contributed by atoms with Gasteiger partial charge in [-0.3, -0.25) is 4.72 Å². The Hall–Kier alpha value is -0.0100. The second-order valence-corrected chi connectivity index (χ2v) is 7.07. The standard InChI is InChI=1S/C9H10BrCl2NO3S/c1-5(4-14)17(15,16)13-7-3-2-6(10)8(11)9(7)12/h2-3,5,13-14H,4H2,1H3. The van der Waals surface area contributed by atoms with Crippen molar-refractivity contribution in [2.24, 2.45) is 0 Å². The maximum atomic E-state index is 11.7. The Bertz CT molecular complexity index is 521. The van der Waals surface area contributed by atoms with Gasteiger partial charge in [0.1, 0.15) is 5.25 Å². The third-order valence-corrected chi connectivity index (χ3v) is 5.56. The van der Waals surface area contributed by atoms with Crippen LogP contribution in [0.15, 0.2) is 16.6 Å². The minimum atomic E-state index is -3.67. The van der Waals surface area contributed by atoms with Crippen molar-refractivity contribution in [3.05, 3.63) is 26.7 Å². The summed E-state index contributed by atoms with van der Waals surface area (Å²) in [5, 5.41) is 8.23. The maximum Gasteiger partial charge on any atom is 0.237 e. The Balaban J connectivity index is 3.09. The molecule has 0 spiro atoms. The number of aliphatic hydroxyl groups excluding tert-OH is 1. The van der Waals surface area contributed by atoms with E-state index in [-0.39, 0.29) is 15.7 Å². The number of anilines is 1. The van der Waals surface area contributed by atoms with Crippen LogP contribution in [-0.2, 0) is 10.0 Å². The number of benzene rings is 1. The van der Waals surface area contributed by atoms with E-state index in [0.717, 1.165) is 0 Å². The monoisotopic (exact) mass is 361 g/mol. The molecule has 0 saturated carbocycles. The average Bonchev–Trinajstić information content (AvgIpc) is 2.28. The van der Waals surface area contributed by atoms with Crippen LogP contribution in [0.2, 0.25) is 10.0 Å². The molecule has 0 radical (unpaired) electrons. The second-order valence-electron chi connectivity index (χ2n) is 3.36. The van der Waals surface area contributed by atoms with Gasteiger partial charge in [-0.2, -0.15) is 0 Å². The van der Waals surface area contributed by atoms with Crippen LogP contribution in [0.4, 0.5) is 5.69 Å². The lowest BCUT2D eigenvalue weighted by atomic mass is 10.3. The maximum absolute atomic E-state index is 11.7.